The monoisotopic (exact) mass is 396 g/mol. The minimum absolute atomic E-state index is 0.0912. The van der Waals surface area contributed by atoms with Gasteiger partial charge in [0.15, 0.2) is 0 Å². The molecule has 0 aliphatic rings. The average molecular weight is 397 g/mol. The van der Waals surface area contributed by atoms with Crippen LogP contribution >= 0.6 is 15.9 Å². The van der Waals surface area contributed by atoms with Gasteiger partial charge in [-0.25, -0.2) is 0 Å². The number of aryl methyl sites for hydroxylation is 2. The van der Waals surface area contributed by atoms with Crippen LogP contribution in [0.15, 0.2) is 51.8 Å². The van der Waals surface area contributed by atoms with Gasteiger partial charge in [-0.15, -0.1) is 0 Å². The van der Waals surface area contributed by atoms with Gasteiger partial charge in [-0.1, -0.05) is 48.0 Å². The Morgan fingerprint density at radius 1 is 1.00 bits per heavy atom. The molecule has 0 atom stereocenters. The smallest absolute Gasteiger partial charge is 0.265 e. The molecular formula is C18H21BrO3S. The molecule has 0 saturated heterocycles. The number of rotatable bonds is 5. The Bertz CT molecular complexity index is 794. The Kier molecular flexibility index (Phi) is 5.33. The summed E-state index contributed by atoms with van der Waals surface area (Å²) in [5, 5.41) is 0. The van der Waals surface area contributed by atoms with E-state index in [1.54, 1.807) is 12.1 Å². The van der Waals surface area contributed by atoms with Crippen LogP contribution < -0.4 is 0 Å². The lowest BCUT2D eigenvalue weighted by Crippen LogP contribution is -2.26. The quantitative estimate of drug-likeness (QED) is 0.684. The van der Waals surface area contributed by atoms with Crippen LogP contribution in [-0.2, 0) is 19.7 Å². The summed E-state index contributed by atoms with van der Waals surface area (Å²) in [6, 6.07) is 12.6. The Balaban J connectivity index is 2.17. The van der Waals surface area contributed by atoms with E-state index in [2.05, 4.69) is 35.0 Å². The second-order valence-electron chi connectivity index (χ2n) is 6.35. The minimum Gasteiger partial charge on any atom is -0.265 e. The van der Waals surface area contributed by atoms with Crippen molar-refractivity contribution in [3.63, 3.8) is 0 Å². The van der Waals surface area contributed by atoms with Crippen LogP contribution in [0.25, 0.3) is 0 Å². The number of halogens is 1. The van der Waals surface area contributed by atoms with Crippen molar-refractivity contribution in [3.8, 4) is 0 Å². The molecule has 0 radical (unpaired) electrons. The molecule has 2 rings (SSSR count). The van der Waals surface area contributed by atoms with Crippen LogP contribution in [0.3, 0.4) is 0 Å². The first kappa shape index (κ1) is 18.2. The summed E-state index contributed by atoms with van der Waals surface area (Å²) in [6.07, 6.45) is 0. The van der Waals surface area contributed by atoms with Crippen LogP contribution in [0, 0.1) is 13.8 Å². The zero-order chi connectivity index (χ0) is 17.3. The molecule has 0 N–H and O–H groups in total. The molecule has 124 valence electrons. The van der Waals surface area contributed by atoms with Gasteiger partial charge in [-0.3, -0.25) is 4.18 Å². The highest BCUT2D eigenvalue weighted by Gasteiger charge is 2.25. The molecule has 0 bridgehead atoms. The predicted molar refractivity (Wildman–Crippen MR) is 96.2 cm³/mol. The van der Waals surface area contributed by atoms with Crippen molar-refractivity contribution in [2.75, 3.05) is 6.61 Å². The zero-order valence-corrected chi connectivity index (χ0v) is 16.2. The first-order chi connectivity index (χ1) is 10.6. The second-order valence-corrected chi connectivity index (χ2v) is 8.88. The van der Waals surface area contributed by atoms with Crippen molar-refractivity contribution in [3.05, 3.63) is 63.6 Å². The molecule has 0 heterocycles. The van der Waals surface area contributed by atoms with Crippen molar-refractivity contribution in [1.82, 2.24) is 0 Å². The highest BCUT2D eigenvalue weighted by Crippen LogP contribution is 2.27. The third kappa shape index (κ3) is 4.43. The van der Waals surface area contributed by atoms with Crippen LogP contribution in [0.1, 0.15) is 30.5 Å². The lowest BCUT2D eigenvalue weighted by Gasteiger charge is -2.25. The fourth-order valence-electron chi connectivity index (χ4n) is 2.14. The first-order valence-electron chi connectivity index (χ1n) is 7.34. The molecule has 0 aromatic heterocycles. The Labute approximate surface area is 146 Å². The lowest BCUT2D eigenvalue weighted by atomic mass is 9.84. The van der Waals surface area contributed by atoms with Gasteiger partial charge in [-0.2, -0.15) is 8.42 Å². The third-order valence-electron chi connectivity index (χ3n) is 3.97. The summed E-state index contributed by atoms with van der Waals surface area (Å²) in [7, 11) is -3.76. The van der Waals surface area contributed by atoms with Gasteiger partial charge in [0.25, 0.3) is 10.1 Å². The van der Waals surface area contributed by atoms with Crippen LogP contribution in [0.2, 0.25) is 0 Å². The number of benzene rings is 2. The molecule has 0 saturated carbocycles. The SMILES string of the molecule is Cc1ccc(C(C)(C)COS(=O)(=O)c2ccc(Br)cc2)cc1C. The predicted octanol–water partition coefficient (Wildman–Crippen LogP) is 4.75. The first-order valence-corrected chi connectivity index (χ1v) is 9.55. The normalized spacial score (nSPS) is 12.4. The lowest BCUT2D eigenvalue weighted by molar-refractivity contribution is 0.245. The molecule has 2 aromatic carbocycles. The molecule has 0 unspecified atom stereocenters. The fourth-order valence-corrected chi connectivity index (χ4v) is 3.46. The number of hydrogen-bond donors (Lipinski definition) is 0. The summed E-state index contributed by atoms with van der Waals surface area (Å²) in [5.41, 5.74) is 3.06. The zero-order valence-electron chi connectivity index (χ0n) is 13.8. The van der Waals surface area contributed by atoms with Crippen molar-refractivity contribution < 1.29 is 12.6 Å². The van der Waals surface area contributed by atoms with E-state index in [1.165, 1.54) is 23.3 Å². The molecule has 0 aliphatic heterocycles. The van der Waals surface area contributed by atoms with Crippen LogP contribution in [0.4, 0.5) is 0 Å². The Hall–Kier alpha value is -1.17. The molecular weight excluding hydrogens is 376 g/mol. The van der Waals surface area contributed by atoms with Crippen LogP contribution in [-0.4, -0.2) is 15.0 Å². The van der Waals surface area contributed by atoms with E-state index in [0.29, 0.717) is 0 Å². The maximum absolute atomic E-state index is 12.3. The largest absolute Gasteiger partial charge is 0.297 e. The van der Waals surface area contributed by atoms with E-state index in [-0.39, 0.29) is 11.5 Å². The second kappa shape index (κ2) is 6.75. The van der Waals surface area contributed by atoms with Gasteiger partial charge < -0.3 is 0 Å². The minimum atomic E-state index is -3.76. The van der Waals surface area contributed by atoms with Gasteiger partial charge in [0.1, 0.15) is 0 Å². The molecule has 0 fully saturated rings. The Morgan fingerprint density at radius 3 is 2.17 bits per heavy atom. The van der Waals surface area contributed by atoms with Crippen molar-refractivity contribution in [1.29, 1.82) is 0 Å². The average Bonchev–Trinajstić information content (AvgIpc) is 2.48. The van der Waals surface area contributed by atoms with Gasteiger partial charge in [0.2, 0.25) is 0 Å². The molecule has 0 amide bonds. The fraction of sp³-hybridized carbons (Fsp3) is 0.333. The van der Waals surface area contributed by atoms with Gasteiger partial charge in [0, 0.05) is 9.89 Å². The standard InChI is InChI=1S/C18H21BrO3S/c1-13-5-6-15(11-14(13)2)18(3,4)12-22-23(20,21)17-9-7-16(19)8-10-17/h5-11H,12H2,1-4H3. The molecule has 5 heteroatoms. The molecule has 0 spiro atoms. The highest BCUT2D eigenvalue weighted by molar-refractivity contribution is 9.10. The topological polar surface area (TPSA) is 43.4 Å². The van der Waals surface area contributed by atoms with E-state index in [9.17, 15) is 8.42 Å². The number of hydrogen-bond acceptors (Lipinski definition) is 3. The third-order valence-corrected chi connectivity index (χ3v) is 5.77. The molecule has 23 heavy (non-hydrogen) atoms. The van der Waals surface area contributed by atoms with E-state index in [0.717, 1.165) is 10.0 Å². The van der Waals surface area contributed by atoms with Crippen LogP contribution in [0.5, 0.6) is 0 Å². The van der Waals surface area contributed by atoms with Gasteiger partial charge in [-0.05, 0) is 54.8 Å². The summed E-state index contributed by atoms with van der Waals surface area (Å²) < 4.78 is 30.7. The molecule has 0 aliphatic carbocycles. The summed E-state index contributed by atoms with van der Waals surface area (Å²) in [6.45, 7) is 8.16. The van der Waals surface area contributed by atoms with Crippen molar-refractivity contribution in [2.45, 2.75) is 38.0 Å². The highest BCUT2D eigenvalue weighted by atomic mass is 79.9. The summed E-state index contributed by atoms with van der Waals surface area (Å²) in [5.74, 6) is 0. The Morgan fingerprint density at radius 2 is 1.61 bits per heavy atom. The van der Waals surface area contributed by atoms with Gasteiger partial charge in [0.05, 0.1) is 11.5 Å². The maximum atomic E-state index is 12.3. The maximum Gasteiger partial charge on any atom is 0.297 e. The van der Waals surface area contributed by atoms with Gasteiger partial charge >= 0.3 is 0 Å². The van der Waals surface area contributed by atoms with Crippen molar-refractivity contribution >= 4 is 26.0 Å². The molecule has 2 aromatic rings. The van der Waals surface area contributed by atoms with E-state index < -0.39 is 15.5 Å². The van der Waals surface area contributed by atoms with Crippen molar-refractivity contribution in [2.24, 2.45) is 0 Å². The summed E-state index contributed by atoms with van der Waals surface area (Å²) >= 11 is 3.29. The molecule has 3 nitrogen and oxygen atoms in total. The van der Waals surface area contributed by atoms with E-state index in [1.807, 2.05) is 26.8 Å². The summed E-state index contributed by atoms with van der Waals surface area (Å²) in [4.78, 5) is 0.164. The van der Waals surface area contributed by atoms with E-state index in [4.69, 9.17) is 4.18 Å². The van der Waals surface area contributed by atoms with E-state index >= 15 is 0 Å².